The Morgan fingerprint density at radius 2 is 1.94 bits per heavy atom. The van der Waals surface area contributed by atoms with Crippen molar-refractivity contribution in [2.75, 3.05) is 30.8 Å². The maximum atomic E-state index is 6.26. The summed E-state index contributed by atoms with van der Waals surface area (Å²) in [6.45, 7) is 3.83. The highest BCUT2D eigenvalue weighted by Crippen LogP contribution is 2.39. The molecule has 1 aliphatic rings. The van der Waals surface area contributed by atoms with Crippen LogP contribution in [0.4, 0.5) is 11.4 Å². The fourth-order valence-corrected chi connectivity index (χ4v) is 3.19. The Kier molecular flexibility index (Phi) is 3.95. The van der Waals surface area contributed by atoms with Crippen molar-refractivity contribution in [3.05, 3.63) is 22.2 Å². The Labute approximate surface area is 118 Å². The first-order chi connectivity index (χ1) is 8.45. The summed E-state index contributed by atoms with van der Waals surface area (Å²) < 4.78 is 5.58. The molecule has 1 aromatic carbocycles. The predicted molar refractivity (Wildman–Crippen MR) is 77.7 cm³/mol. The normalized spacial score (nSPS) is 24.3. The minimum atomic E-state index is -0.147. The van der Waals surface area contributed by atoms with Gasteiger partial charge in [-0.3, -0.25) is 0 Å². The maximum absolute atomic E-state index is 6.26. The number of benzene rings is 1. The van der Waals surface area contributed by atoms with Gasteiger partial charge in [-0.15, -0.1) is 0 Å². The second kappa shape index (κ2) is 5.16. The molecule has 2 rings (SSSR count). The monoisotopic (exact) mass is 288 g/mol. The summed E-state index contributed by atoms with van der Waals surface area (Å²) in [6.07, 6.45) is 2.10. The molecule has 1 heterocycles. The van der Waals surface area contributed by atoms with Crippen molar-refractivity contribution in [1.29, 1.82) is 0 Å². The van der Waals surface area contributed by atoms with Gasteiger partial charge in [0.05, 0.1) is 21.3 Å². The van der Waals surface area contributed by atoms with E-state index in [1.807, 2.05) is 0 Å². The fourth-order valence-electron chi connectivity index (χ4n) is 2.45. The van der Waals surface area contributed by atoms with Crippen molar-refractivity contribution in [3.63, 3.8) is 0 Å². The number of hydrogen-bond donors (Lipinski definition) is 1. The number of nitrogens with two attached hydrogens (primary N) is 1. The third-order valence-corrected chi connectivity index (χ3v) is 4.08. The van der Waals surface area contributed by atoms with Crippen LogP contribution in [0.15, 0.2) is 12.1 Å². The van der Waals surface area contributed by atoms with Gasteiger partial charge in [-0.2, -0.15) is 0 Å². The van der Waals surface area contributed by atoms with Crippen molar-refractivity contribution >= 4 is 34.6 Å². The number of piperidine rings is 1. The van der Waals surface area contributed by atoms with Crippen LogP contribution in [0.2, 0.25) is 10.0 Å². The summed E-state index contributed by atoms with van der Waals surface area (Å²) in [4.78, 5) is 2.18. The second-order valence-electron chi connectivity index (χ2n) is 5.01. The number of rotatable bonds is 2. The number of anilines is 2. The van der Waals surface area contributed by atoms with Crippen LogP contribution in [0, 0.1) is 0 Å². The zero-order valence-corrected chi connectivity index (χ0v) is 12.2. The summed E-state index contributed by atoms with van der Waals surface area (Å²) in [5, 5.41) is 1.20. The number of nitrogen functional groups attached to an aromatic ring is 1. The van der Waals surface area contributed by atoms with Gasteiger partial charge in [-0.25, -0.2) is 0 Å². The predicted octanol–water partition coefficient (Wildman–Crippen LogP) is 3.58. The zero-order chi connectivity index (χ0) is 13.3. The average Bonchev–Trinajstić information content (AvgIpc) is 2.28. The lowest BCUT2D eigenvalue weighted by atomic mass is 9.94. The molecule has 0 amide bonds. The van der Waals surface area contributed by atoms with E-state index in [1.54, 1.807) is 19.2 Å². The van der Waals surface area contributed by atoms with Gasteiger partial charge in [0.25, 0.3) is 0 Å². The molecule has 0 bridgehead atoms. The van der Waals surface area contributed by atoms with Crippen LogP contribution in [-0.2, 0) is 4.74 Å². The quantitative estimate of drug-likeness (QED) is 0.846. The third kappa shape index (κ3) is 2.68. The van der Waals surface area contributed by atoms with Crippen LogP contribution in [0.25, 0.3) is 0 Å². The van der Waals surface area contributed by atoms with Crippen molar-refractivity contribution in [2.45, 2.75) is 25.4 Å². The lowest BCUT2D eigenvalue weighted by Crippen LogP contribution is -2.47. The molecule has 1 atom stereocenters. The molecule has 0 aromatic heterocycles. The summed E-state index contributed by atoms with van der Waals surface area (Å²) in [7, 11) is 1.75. The van der Waals surface area contributed by atoms with E-state index >= 15 is 0 Å². The zero-order valence-electron chi connectivity index (χ0n) is 10.7. The van der Waals surface area contributed by atoms with E-state index < -0.39 is 0 Å². The van der Waals surface area contributed by atoms with Crippen molar-refractivity contribution < 1.29 is 4.74 Å². The number of methoxy groups -OCH3 is 1. The standard InChI is InChI=1S/C13H18Cl2N2O/c1-13(18-2)4-3-5-17(8-13)12-10(14)6-9(16)7-11(12)15/h6-7H,3-5,8,16H2,1-2H3. The molecule has 0 saturated carbocycles. The number of hydrogen-bond acceptors (Lipinski definition) is 3. The molecule has 1 aliphatic heterocycles. The average molecular weight is 289 g/mol. The molecule has 1 unspecified atom stereocenters. The van der Waals surface area contributed by atoms with E-state index in [0.717, 1.165) is 31.6 Å². The summed E-state index contributed by atoms with van der Waals surface area (Å²) in [5.74, 6) is 0. The molecule has 2 N–H and O–H groups in total. The smallest absolute Gasteiger partial charge is 0.0825 e. The molecule has 3 nitrogen and oxygen atoms in total. The van der Waals surface area contributed by atoms with Crippen LogP contribution in [0.3, 0.4) is 0 Å². The Balaban J connectivity index is 2.32. The first-order valence-electron chi connectivity index (χ1n) is 6.00. The van der Waals surface area contributed by atoms with Gasteiger partial charge in [0, 0.05) is 25.9 Å². The molecular formula is C13H18Cl2N2O. The molecule has 0 aliphatic carbocycles. The first kappa shape index (κ1) is 13.8. The SMILES string of the molecule is COC1(C)CCCN(c2c(Cl)cc(N)cc2Cl)C1. The molecule has 100 valence electrons. The van der Waals surface area contributed by atoms with Gasteiger partial charge in [0.15, 0.2) is 0 Å². The Morgan fingerprint density at radius 3 is 2.50 bits per heavy atom. The van der Waals surface area contributed by atoms with Gasteiger partial charge < -0.3 is 15.4 Å². The highest BCUT2D eigenvalue weighted by molar-refractivity contribution is 6.39. The van der Waals surface area contributed by atoms with Gasteiger partial charge in [0.2, 0.25) is 0 Å². The van der Waals surface area contributed by atoms with E-state index in [4.69, 9.17) is 33.7 Å². The summed E-state index contributed by atoms with van der Waals surface area (Å²) in [5.41, 5.74) is 7.02. The molecule has 1 fully saturated rings. The van der Waals surface area contributed by atoms with E-state index in [1.165, 1.54) is 0 Å². The molecule has 18 heavy (non-hydrogen) atoms. The fraction of sp³-hybridized carbons (Fsp3) is 0.538. The molecule has 0 spiro atoms. The van der Waals surface area contributed by atoms with E-state index in [0.29, 0.717) is 15.7 Å². The van der Waals surface area contributed by atoms with Gasteiger partial charge >= 0.3 is 0 Å². The van der Waals surface area contributed by atoms with Crippen molar-refractivity contribution in [1.82, 2.24) is 0 Å². The molecular weight excluding hydrogens is 271 g/mol. The van der Waals surface area contributed by atoms with E-state index in [-0.39, 0.29) is 5.60 Å². The lowest BCUT2D eigenvalue weighted by Gasteiger charge is -2.41. The Bertz CT molecular complexity index is 430. The van der Waals surface area contributed by atoms with Crippen LogP contribution < -0.4 is 10.6 Å². The minimum Gasteiger partial charge on any atom is -0.399 e. The lowest BCUT2D eigenvalue weighted by molar-refractivity contribution is -0.00464. The largest absolute Gasteiger partial charge is 0.399 e. The van der Waals surface area contributed by atoms with Crippen LogP contribution >= 0.6 is 23.2 Å². The maximum Gasteiger partial charge on any atom is 0.0825 e. The van der Waals surface area contributed by atoms with Crippen LogP contribution in [0.5, 0.6) is 0 Å². The molecule has 0 radical (unpaired) electrons. The molecule has 1 aromatic rings. The summed E-state index contributed by atoms with van der Waals surface area (Å²) in [6, 6.07) is 3.48. The van der Waals surface area contributed by atoms with E-state index in [2.05, 4.69) is 11.8 Å². The molecule has 5 heteroatoms. The third-order valence-electron chi connectivity index (χ3n) is 3.51. The number of nitrogens with zero attached hydrogens (tertiary/aromatic N) is 1. The van der Waals surface area contributed by atoms with Crippen LogP contribution in [-0.4, -0.2) is 25.8 Å². The number of ether oxygens (including phenoxy) is 1. The van der Waals surface area contributed by atoms with Crippen molar-refractivity contribution in [2.24, 2.45) is 0 Å². The van der Waals surface area contributed by atoms with Gasteiger partial charge in [-0.1, -0.05) is 23.2 Å². The van der Waals surface area contributed by atoms with Gasteiger partial charge in [-0.05, 0) is 31.9 Å². The Morgan fingerprint density at radius 1 is 1.33 bits per heavy atom. The minimum absolute atomic E-state index is 0.147. The van der Waals surface area contributed by atoms with E-state index in [9.17, 15) is 0 Å². The van der Waals surface area contributed by atoms with Gasteiger partial charge in [0.1, 0.15) is 0 Å². The van der Waals surface area contributed by atoms with Crippen molar-refractivity contribution in [3.8, 4) is 0 Å². The van der Waals surface area contributed by atoms with Crippen LogP contribution in [0.1, 0.15) is 19.8 Å². The summed E-state index contributed by atoms with van der Waals surface area (Å²) >= 11 is 12.5. The Hall–Kier alpha value is -0.640. The highest BCUT2D eigenvalue weighted by atomic mass is 35.5. The second-order valence-corrected chi connectivity index (χ2v) is 5.83. The topological polar surface area (TPSA) is 38.5 Å². The number of halogens is 2. The highest BCUT2D eigenvalue weighted by Gasteiger charge is 2.32. The first-order valence-corrected chi connectivity index (χ1v) is 6.75. The molecule has 1 saturated heterocycles.